The van der Waals surface area contributed by atoms with Crippen molar-refractivity contribution in [2.45, 2.75) is 42.2 Å². The Morgan fingerprint density at radius 3 is 1.59 bits per heavy atom. The van der Waals surface area contributed by atoms with Crippen molar-refractivity contribution in [3.63, 3.8) is 0 Å². The third-order valence-corrected chi connectivity index (χ3v) is 6.49. The van der Waals surface area contributed by atoms with Crippen LogP contribution >= 0.6 is 0 Å². The van der Waals surface area contributed by atoms with Gasteiger partial charge in [-0.15, -0.1) is 0 Å². The highest BCUT2D eigenvalue weighted by molar-refractivity contribution is 6.00. The highest BCUT2D eigenvalue weighted by Gasteiger charge is 2.63. The molecule has 0 radical (unpaired) electrons. The predicted molar refractivity (Wildman–Crippen MR) is 102 cm³/mol. The Labute approximate surface area is 158 Å². The highest BCUT2D eigenvalue weighted by Crippen LogP contribution is 2.53. The van der Waals surface area contributed by atoms with E-state index in [0.29, 0.717) is 13.1 Å². The molecule has 0 aromatic heterocycles. The van der Waals surface area contributed by atoms with Gasteiger partial charge in [-0.2, -0.15) is 20.5 Å². The summed E-state index contributed by atoms with van der Waals surface area (Å²) in [7, 11) is 0. The number of carbonyl (C=O) groups excluding carboxylic acids is 1. The first-order valence-corrected chi connectivity index (χ1v) is 9.68. The van der Waals surface area contributed by atoms with Gasteiger partial charge in [0.1, 0.15) is 0 Å². The zero-order valence-electron chi connectivity index (χ0n) is 15.2. The van der Waals surface area contributed by atoms with Gasteiger partial charge in [0.05, 0.1) is 13.1 Å². The van der Waals surface area contributed by atoms with Crippen LogP contribution in [0.3, 0.4) is 0 Å². The van der Waals surface area contributed by atoms with Gasteiger partial charge in [-0.3, -0.25) is 4.79 Å². The molecule has 3 aliphatic rings. The van der Waals surface area contributed by atoms with Gasteiger partial charge >= 0.3 is 0 Å². The minimum Gasteiger partial charge on any atom is -0.294 e. The fourth-order valence-electron chi connectivity index (χ4n) is 5.16. The van der Waals surface area contributed by atoms with Gasteiger partial charge in [0, 0.05) is 11.8 Å². The second-order valence-corrected chi connectivity index (χ2v) is 7.81. The molecule has 1 saturated carbocycles. The van der Waals surface area contributed by atoms with E-state index in [9.17, 15) is 4.79 Å². The Balaban J connectivity index is 1.58. The van der Waals surface area contributed by atoms with E-state index < -0.39 is 11.1 Å². The Bertz CT molecular complexity index is 837. The van der Waals surface area contributed by atoms with Crippen LogP contribution in [0, 0.1) is 0 Å². The third kappa shape index (κ3) is 2.34. The number of ketones is 1. The van der Waals surface area contributed by atoms with Crippen LogP contribution < -0.4 is 0 Å². The molecule has 2 heterocycles. The number of hydrogen-bond acceptors (Lipinski definition) is 5. The number of hydrogen-bond donors (Lipinski definition) is 0. The lowest BCUT2D eigenvalue weighted by Crippen LogP contribution is -2.58. The van der Waals surface area contributed by atoms with Crippen LogP contribution in [0.25, 0.3) is 0 Å². The molecular formula is C22H22N4O. The summed E-state index contributed by atoms with van der Waals surface area (Å²) in [6.07, 6.45) is 2.40. The van der Waals surface area contributed by atoms with E-state index in [1.807, 2.05) is 36.4 Å². The second kappa shape index (κ2) is 6.19. The van der Waals surface area contributed by atoms with E-state index in [1.54, 1.807) is 0 Å². The lowest BCUT2D eigenvalue weighted by atomic mass is 9.60. The molecule has 0 N–H and O–H groups in total. The van der Waals surface area contributed by atoms with Crippen LogP contribution in [-0.4, -0.2) is 30.0 Å². The third-order valence-electron chi connectivity index (χ3n) is 6.49. The van der Waals surface area contributed by atoms with E-state index in [1.165, 1.54) is 0 Å². The highest BCUT2D eigenvalue weighted by atomic mass is 16.1. The normalized spacial score (nSPS) is 34.7. The van der Waals surface area contributed by atoms with E-state index in [4.69, 9.17) is 0 Å². The van der Waals surface area contributed by atoms with Gasteiger partial charge in [-0.25, -0.2) is 0 Å². The zero-order valence-corrected chi connectivity index (χ0v) is 15.2. The topological polar surface area (TPSA) is 66.5 Å². The summed E-state index contributed by atoms with van der Waals surface area (Å²) in [6.45, 7) is 1.14. The number of benzene rings is 2. The average Bonchev–Trinajstić information content (AvgIpc) is 3.33. The van der Waals surface area contributed by atoms with Crippen LogP contribution in [0.4, 0.5) is 0 Å². The molecule has 1 fully saturated rings. The molecule has 0 unspecified atom stereocenters. The number of Topliss-reactive ketones (excluding diaryl/α,β-unsaturated/α-hetero) is 1. The molecule has 2 aromatic carbocycles. The molecule has 27 heavy (non-hydrogen) atoms. The SMILES string of the molecule is O=C1[C@]2(CCC[C@@]13N=NC[C@@H]3c1ccccc1)N=NC[C@H]2c1ccccc1. The molecule has 5 heteroatoms. The molecule has 1 aliphatic carbocycles. The van der Waals surface area contributed by atoms with Gasteiger partial charge in [0.2, 0.25) is 0 Å². The maximum Gasteiger partial charge on any atom is 0.192 e. The largest absolute Gasteiger partial charge is 0.294 e. The summed E-state index contributed by atoms with van der Waals surface area (Å²) < 4.78 is 0. The molecule has 0 amide bonds. The summed E-state index contributed by atoms with van der Waals surface area (Å²) in [5, 5.41) is 17.9. The van der Waals surface area contributed by atoms with Gasteiger partial charge in [0.25, 0.3) is 0 Å². The number of nitrogens with zero attached hydrogens (tertiary/aromatic N) is 4. The first kappa shape index (κ1) is 16.5. The predicted octanol–water partition coefficient (Wildman–Crippen LogP) is 4.72. The Morgan fingerprint density at radius 1 is 0.704 bits per heavy atom. The van der Waals surface area contributed by atoms with Gasteiger partial charge < -0.3 is 0 Å². The summed E-state index contributed by atoms with van der Waals surface area (Å²) in [6, 6.07) is 20.4. The number of carbonyl (C=O) groups is 1. The number of azo groups is 2. The minimum absolute atomic E-state index is 0.00408. The molecule has 2 spiro atoms. The molecule has 0 bridgehead atoms. The van der Waals surface area contributed by atoms with Crippen LogP contribution in [-0.2, 0) is 4.79 Å². The molecule has 4 atom stereocenters. The van der Waals surface area contributed by atoms with Crippen LogP contribution in [0.15, 0.2) is 81.1 Å². The summed E-state index contributed by atoms with van der Waals surface area (Å²) in [5.41, 5.74) is 0.685. The second-order valence-electron chi connectivity index (χ2n) is 7.81. The fourth-order valence-corrected chi connectivity index (χ4v) is 5.16. The maximum absolute atomic E-state index is 14.0. The molecule has 136 valence electrons. The van der Waals surface area contributed by atoms with E-state index in [2.05, 4.69) is 44.7 Å². The average molecular weight is 358 g/mol. The van der Waals surface area contributed by atoms with E-state index >= 15 is 0 Å². The Kier molecular flexibility index (Phi) is 3.78. The molecular weight excluding hydrogens is 336 g/mol. The Hall–Kier alpha value is -2.69. The summed E-state index contributed by atoms with van der Waals surface area (Å²) in [4.78, 5) is 14.0. The fraction of sp³-hybridized carbons (Fsp3) is 0.409. The van der Waals surface area contributed by atoms with E-state index in [-0.39, 0.29) is 17.6 Å². The van der Waals surface area contributed by atoms with Crippen molar-refractivity contribution >= 4 is 5.78 Å². The summed E-state index contributed by atoms with van der Waals surface area (Å²) in [5.74, 6) is 0.109. The lowest BCUT2D eigenvalue weighted by molar-refractivity contribution is -0.133. The van der Waals surface area contributed by atoms with Crippen LogP contribution in [0.1, 0.15) is 42.2 Å². The van der Waals surface area contributed by atoms with Crippen molar-refractivity contribution in [2.75, 3.05) is 13.1 Å². The van der Waals surface area contributed by atoms with E-state index in [0.717, 1.165) is 30.4 Å². The molecule has 5 nitrogen and oxygen atoms in total. The standard InChI is InChI=1S/C22H22N4O/c27-20-21(18(14-23-25-21)16-8-3-1-4-9-16)12-7-13-22(20)19(15-24-26-22)17-10-5-2-6-11-17/h1-6,8-11,18-19H,7,12-15H2/t18-,19+,21+,22-. The monoisotopic (exact) mass is 358 g/mol. The lowest BCUT2D eigenvalue weighted by Gasteiger charge is -2.43. The maximum atomic E-state index is 14.0. The smallest absolute Gasteiger partial charge is 0.192 e. The van der Waals surface area contributed by atoms with Crippen LogP contribution in [0.2, 0.25) is 0 Å². The van der Waals surface area contributed by atoms with Gasteiger partial charge in [0.15, 0.2) is 16.9 Å². The van der Waals surface area contributed by atoms with Gasteiger partial charge in [-0.05, 0) is 30.4 Å². The molecule has 2 aromatic rings. The van der Waals surface area contributed by atoms with Crippen molar-refractivity contribution < 1.29 is 4.79 Å². The van der Waals surface area contributed by atoms with Crippen molar-refractivity contribution in [3.8, 4) is 0 Å². The minimum atomic E-state index is -0.796. The quantitative estimate of drug-likeness (QED) is 0.766. The first-order chi connectivity index (χ1) is 13.3. The van der Waals surface area contributed by atoms with Crippen molar-refractivity contribution in [1.29, 1.82) is 0 Å². The molecule has 0 saturated heterocycles. The Morgan fingerprint density at radius 2 is 1.15 bits per heavy atom. The molecule has 2 aliphatic heterocycles. The van der Waals surface area contributed by atoms with Gasteiger partial charge in [-0.1, -0.05) is 60.7 Å². The van der Waals surface area contributed by atoms with Crippen LogP contribution in [0.5, 0.6) is 0 Å². The first-order valence-electron chi connectivity index (χ1n) is 9.68. The van der Waals surface area contributed by atoms with Crippen molar-refractivity contribution in [2.24, 2.45) is 20.5 Å². The van der Waals surface area contributed by atoms with Crippen molar-refractivity contribution in [3.05, 3.63) is 71.8 Å². The zero-order chi connectivity index (χ0) is 18.3. The molecule has 5 rings (SSSR count). The number of rotatable bonds is 2. The van der Waals surface area contributed by atoms with Crippen molar-refractivity contribution in [1.82, 2.24) is 0 Å². The summed E-state index contributed by atoms with van der Waals surface area (Å²) >= 11 is 0.